The number of thiazole rings is 1. The summed E-state index contributed by atoms with van der Waals surface area (Å²) in [6.45, 7) is 8.97. The molecule has 5 nitrogen and oxygen atoms in total. The summed E-state index contributed by atoms with van der Waals surface area (Å²) in [5.41, 5.74) is 0.626. The summed E-state index contributed by atoms with van der Waals surface area (Å²) in [6.07, 6.45) is 0.695. The minimum atomic E-state index is -1.06. The van der Waals surface area contributed by atoms with Crippen LogP contribution in [-0.4, -0.2) is 27.1 Å². The van der Waals surface area contributed by atoms with Gasteiger partial charge in [0.25, 0.3) is 5.19 Å². The molecule has 0 fully saturated rings. The number of ether oxygens (including phenoxy) is 2. The Morgan fingerprint density at radius 1 is 1.13 bits per heavy atom. The molecule has 0 spiro atoms. The summed E-state index contributed by atoms with van der Waals surface area (Å²) in [5.74, 6) is 0.205. The number of aryl methyl sites for hydroxylation is 1. The van der Waals surface area contributed by atoms with Crippen LogP contribution in [0.2, 0.25) is 5.02 Å². The smallest absolute Gasteiger partial charge is 0.279 e. The highest BCUT2D eigenvalue weighted by Gasteiger charge is 2.47. The molecule has 0 saturated heterocycles. The van der Waals surface area contributed by atoms with Gasteiger partial charge in [-0.3, -0.25) is 4.79 Å². The SMILES string of the molecule is CCc1ccc(Oc2nc3ccc(Cl)cc3s2)cc1C1=C(O)C(C)(C)OC(C)(C)C1=O. The van der Waals surface area contributed by atoms with Crippen LogP contribution >= 0.6 is 22.9 Å². The molecule has 0 saturated carbocycles. The van der Waals surface area contributed by atoms with Crippen molar-refractivity contribution in [3.8, 4) is 10.9 Å². The minimum absolute atomic E-state index is 0.0710. The van der Waals surface area contributed by atoms with Crippen LogP contribution in [0, 0.1) is 0 Å². The molecule has 2 heterocycles. The van der Waals surface area contributed by atoms with Gasteiger partial charge in [-0.25, -0.2) is 4.98 Å². The largest absolute Gasteiger partial charge is 0.508 e. The summed E-state index contributed by atoms with van der Waals surface area (Å²) >= 11 is 7.46. The van der Waals surface area contributed by atoms with Crippen LogP contribution in [0.1, 0.15) is 45.7 Å². The molecular weight excluding hydrogens is 434 g/mol. The highest BCUT2D eigenvalue weighted by atomic mass is 35.5. The van der Waals surface area contributed by atoms with E-state index in [0.29, 0.717) is 28.0 Å². The maximum atomic E-state index is 13.2. The Kier molecular flexibility index (Phi) is 5.36. The van der Waals surface area contributed by atoms with Crippen LogP contribution in [0.15, 0.2) is 42.2 Å². The van der Waals surface area contributed by atoms with Crippen molar-refractivity contribution in [1.82, 2.24) is 4.98 Å². The number of hydrogen-bond donors (Lipinski definition) is 1. The monoisotopic (exact) mass is 457 g/mol. The van der Waals surface area contributed by atoms with E-state index in [1.807, 2.05) is 31.2 Å². The third-order valence-electron chi connectivity index (χ3n) is 5.36. The molecule has 0 unspecified atom stereocenters. The number of ketones is 1. The molecule has 0 bridgehead atoms. The van der Waals surface area contributed by atoms with E-state index in [4.69, 9.17) is 21.1 Å². The lowest BCUT2D eigenvalue weighted by molar-refractivity contribution is -0.158. The standard InChI is InChI=1S/C24H24ClNO4S/c1-6-13-7-9-15(29-22-26-17-10-8-14(25)11-18(17)31-22)12-16(13)19-20(27)23(2,3)30-24(4,5)21(19)28/h7-12,27H,6H2,1-5H3. The Hall–Kier alpha value is -2.41. The van der Waals surface area contributed by atoms with Gasteiger partial charge in [-0.15, -0.1) is 0 Å². The normalized spacial score (nSPS) is 17.9. The predicted octanol–water partition coefficient (Wildman–Crippen LogP) is 6.73. The summed E-state index contributed by atoms with van der Waals surface area (Å²) < 4.78 is 12.8. The summed E-state index contributed by atoms with van der Waals surface area (Å²) in [4.78, 5) is 17.7. The van der Waals surface area contributed by atoms with Crippen molar-refractivity contribution in [1.29, 1.82) is 0 Å². The molecule has 1 N–H and O–H groups in total. The van der Waals surface area contributed by atoms with Crippen molar-refractivity contribution < 1.29 is 19.4 Å². The number of aliphatic hydroxyl groups excluding tert-OH is 1. The van der Waals surface area contributed by atoms with Crippen molar-refractivity contribution in [2.45, 2.75) is 52.2 Å². The number of nitrogens with zero attached hydrogens (tertiary/aromatic N) is 1. The second-order valence-corrected chi connectivity index (χ2v) is 9.97. The fourth-order valence-corrected chi connectivity index (χ4v) is 4.98. The Labute approximate surface area is 190 Å². The van der Waals surface area contributed by atoms with E-state index >= 15 is 0 Å². The maximum Gasteiger partial charge on any atom is 0.279 e. The fourth-order valence-electron chi connectivity index (χ4n) is 3.87. The average molecular weight is 458 g/mol. The Bertz CT molecular complexity index is 1230. The topological polar surface area (TPSA) is 68.7 Å². The molecule has 3 aromatic rings. The van der Waals surface area contributed by atoms with Crippen LogP contribution in [0.5, 0.6) is 10.9 Å². The zero-order valence-corrected chi connectivity index (χ0v) is 19.6. The molecule has 1 aliphatic heterocycles. The van der Waals surface area contributed by atoms with E-state index < -0.39 is 11.2 Å². The van der Waals surface area contributed by atoms with Crippen molar-refractivity contribution >= 4 is 44.5 Å². The van der Waals surface area contributed by atoms with E-state index in [0.717, 1.165) is 15.8 Å². The highest BCUT2D eigenvalue weighted by Crippen LogP contribution is 2.42. The number of carbonyl (C=O) groups is 1. The number of benzene rings is 2. The van der Waals surface area contributed by atoms with Crippen molar-refractivity contribution in [3.63, 3.8) is 0 Å². The summed E-state index contributed by atoms with van der Waals surface area (Å²) in [5, 5.41) is 12.1. The second-order valence-electron chi connectivity index (χ2n) is 8.54. The van der Waals surface area contributed by atoms with Crippen LogP contribution < -0.4 is 4.74 Å². The van der Waals surface area contributed by atoms with Gasteiger partial charge in [-0.05, 0) is 75.6 Å². The molecule has 1 aliphatic rings. The number of halogens is 1. The zero-order chi connectivity index (χ0) is 22.6. The first-order valence-corrected chi connectivity index (χ1v) is 11.3. The molecular formula is C24H24ClNO4S. The Morgan fingerprint density at radius 2 is 1.87 bits per heavy atom. The van der Waals surface area contributed by atoms with Gasteiger partial charge in [0.1, 0.15) is 22.7 Å². The van der Waals surface area contributed by atoms with E-state index in [1.54, 1.807) is 39.8 Å². The first-order valence-electron chi connectivity index (χ1n) is 10.1. The van der Waals surface area contributed by atoms with Crippen molar-refractivity contribution in [3.05, 3.63) is 58.3 Å². The van der Waals surface area contributed by atoms with Gasteiger partial charge in [-0.1, -0.05) is 35.9 Å². The first kappa shape index (κ1) is 21.8. The summed E-state index contributed by atoms with van der Waals surface area (Å²) in [6, 6.07) is 11.0. The van der Waals surface area contributed by atoms with Crippen molar-refractivity contribution in [2.75, 3.05) is 0 Å². The van der Waals surface area contributed by atoms with Crippen LogP contribution in [0.3, 0.4) is 0 Å². The third kappa shape index (κ3) is 3.95. The maximum absolute atomic E-state index is 13.2. The number of carbonyl (C=O) groups excluding carboxylic acids is 1. The van der Waals surface area contributed by atoms with Gasteiger partial charge in [0.15, 0.2) is 5.78 Å². The Balaban J connectivity index is 1.79. The van der Waals surface area contributed by atoms with Gasteiger partial charge in [0.05, 0.1) is 15.8 Å². The molecule has 1 aromatic heterocycles. The molecule has 0 amide bonds. The lowest BCUT2D eigenvalue weighted by atomic mass is 9.81. The number of Topliss-reactive ketones (excluding diaryl/α,β-unsaturated/α-hetero) is 1. The fraction of sp³-hybridized carbons (Fsp3) is 0.333. The number of rotatable bonds is 4. The van der Waals surface area contributed by atoms with E-state index in [-0.39, 0.29) is 17.1 Å². The van der Waals surface area contributed by atoms with Crippen LogP contribution in [0.25, 0.3) is 15.8 Å². The Morgan fingerprint density at radius 3 is 2.58 bits per heavy atom. The third-order valence-corrected chi connectivity index (χ3v) is 6.49. The van der Waals surface area contributed by atoms with Gasteiger partial charge >= 0.3 is 0 Å². The number of fused-ring (bicyclic) bond motifs is 1. The van der Waals surface area contributed by atoms with Gasteiger partial charge in [-0.2, -0.15) is 0 Å². The van der Waals surface area contributed by atoms with Gasteiger partial charge in [0, 0.05) is 5.02 Å². The molecule has 4 rings (SSSR count). The lowest BCUT2D eigenvalue weighted by Crippen LogP contribution is -2.49. The number of aromatic nitrogens is 1. The predicted molar refractivity (Wildman–Crippen MR) is 124 cm³/mol. The van der Waals surface area contributed by atoms with Crippen molar-refractivity contribution in [2.24, 2.45) is 0 Å². The number of hydrogen-bond acceptors (Lipinski definition) is 6. The molecule has 162 valence electrons. The van der Waals surface area contributed by atoms with Gasteiger partial charge < -0.3 is 14.6 Å². The molecule has 0 aliphatic carbocycles. The van der Waals surface area contributed by atoms with Crippen LogP contribution in [-0.2, 0) is 16.0 Å². The molecule has 31 heavy (non-hydrogen) atoms. The van der Waals surface area contributed by atoms with Crippen LogP contribution in [0.4, 0.5) is 0 Å². The molecule has 0 radical (unpaired) electrons. The second kappa shape index (κ2) is 7.62. The minimum Gasteiger partial charge on any atom is -0.508 e. The zero-order valence-electron chi connectivity index (χ0n) is 18.1. The average Bonchev–Trinajstić information content (AvgIpc) is 3.07. The number of aliphatic hydroxyl groups is 1. The van der Waals surface area contributed by atoms with E-state index in [9.17, 15) is 9.90 Å². The van der Waals surface area contributed by atoms with Gasteiger partial charge in [0.2, 0.25) is 0 Å². The highest BCUT2D eigenvalue weighted by molar-refractivity contribution is 7.20. The molecule has 7 heteroatoms. The van der Waals surface area contributed by atoms with E-state index in [2.05, 4.69) is 4.98 Å². The quantitative estimate of drug-likeness (QED) is 0.470. The summed E-state index contributed by atoms with van der Waals surface area (Å²) in [7, 11) is 0. The van der Waals surface area contributed by atoms with E-state index in [1.165, 1.54) is 11.3 Å². The lowest BCUT2D eigenvalue weighted by Gasteiger charge is -2.40. The first-order chi connectivity index (χ1) is 14.5. The molecule has 2 aromatic carbocycles. The molecule has 0 atom stereocenters.